The summed E-state index contributed by atoms with van der Waals surface area (Å²) in [6.07, 6.45) is 0.131. The molecule has 1 rings (SSSR count). The second kappa shape index (κ2) is 4.61. The monoisotopic (exact) mass is 224 g/mol. The van der Waals surface area contributed by atoms with Crippen molar-refractivity contribution in [2.45, 2.75) is 25.8 Å². The Labute approximate surface area is 94.8 Å². The first-order valence-corrected chi connectivity index (χ1v) is 5.13. The lowest BCUT2D eigenvalue weighted by Crippen LogP contribution is -2.40. The summed E-state index contributed by atoms with van der Waals surface area (Å²) in [6.45, 7) is 3.52. The summed E-state index contributed by atoms with van der Waals surface area (Å²) in [5.74, 6) is -0.693. The van der Waals surface area contributed by atoms with Crippen molar-refractivity contribution in [2.75, 3.05) is 7.05 Å². The second-order valence-corrected chi connectivity index (χ2v) is 4.19. The quantitative estimate of drug-likeness (QED) is 0.813. The predicted octanol–water partition coefficient (Wildman–Crippen LogP) is 1.44. The maximum absolute atomic E-state index is 13.4. The molecular weight excluding hydrogens is 207 g/mol. The van der Waals surface area contributed by atoms with Crippen molar-refractivity contribution in [2.24, 2.45) is 5.73 Å². The van der Waals surface area contributed by atoms with E-state index in [-0.39, 0.29) is 12.2 Å². The van der Waals surface area contributed by atoms with E-state index in [1.165, 1.54) is 6.07 Å². The van der Waals surface area contributed by atoms with Crippen molar-refractivity contribution < 1.29 is 9.18 Å². The Morgan fingerprint density at radius 2 is 2.19 bits per heavy atom. The minimum Gasteiger partial charge on any atom is -0.370 e. The van der Waals surface area contributed by atoms with Crippen LogP contribution in [0.3, 0.4) is 0 Å². The zero-order valence-corrected chi connectivity index (χ0v) is 9.80. The highest BCUT2D eigenvalue weighted by Gasteiger charge is 2.27. The Balaban J connectivity index is 3.12. The Hall–Kier alpha value is -1.42. The van der Waals surface area contributed by atoms with Gasteiger partial charge in [0.25, 0.3) is 0 Å². The Morgan fingerprint density at radius 3 is 2.62 bits per heavy atom. The van der Waals surface area contributed by atoms with Gasteiger partial charge >= 0.3 is 0 Å². The van der Waals surface area contributed by atoms with E-state index >= 15 is 0 Å². The summed E-state index contributed by atoms with van der Waals surface area (Å²) < 4.78 is 13.4. The highest BCUT2D eigenvalue weighted by atomic mass is 19.1. The molecule has 0 aliphatic carbocycles. The Bertz CT molecular complexity index is 406. The number of nitrogens with one attached hydrogen (secondary N) is 1. The average Bonchev–Trinajstić information content (AvgIpc) is 2.21. The van der Waals surface area contributed by atoms with Gasteiger partial charge in [-0.25, -0.2) is 4.39 Å². The van der Waals surface area contributed by atoms with Crippen LogP contribution in [-0.2, 0) is 10.3 Å². The van der Waals surface area contributed by atoms with Gasteiger partial charge < -0.3 is 11.1 Å². The highest BCUT2D eigenvalue weighted by molar-refractivity contribution is 5.75. The zero-order chi connectivity index (χ0) is 12.3. The van der Waals surface area contributed by atoms with E-state index < -0.39 is 11.4 Å². The number of hydrogen-bond acceptors (Lipinski definition) is 2. The molecule has 3 nitrogen and oxygen atoms in total. The molecule has 0 saturated carbocycles. The van der Waals surface area contributed by atoms with Crippen molar-refractivity contribution in [3.8, 4) is 0 Å². The number of primary amides is 1. The van der Waals surface area contributed by atoms with Gasteiger partial charge in [0.1, 0.15) is 5.82 Å². The molecule has 16 heavy (non-hydrogen) atoms. The van der Waals surface area contributed by atoms with Gasteiger partial charge in [-0.2, -0.15) is 0 Å². The van der Waals surface area contributed by atoms with Crippen molar-refractivity contribution in [1.29, 1.82) is 0 Å². The molecule has 0 aromatic heterocycles. The third-order valence-electron chi connectivity index (χ3n) is 2.89. The normalized spacial score (nSPS) is 14.5. The first kappa shape index (κ1) is 12.6. The molecule has 1 aromatic rings. The third kappa shape index (κ3) is 2.58. The molecule has 1 atom stereocenters. The van der Waals surface area contributed by atoms with E-state index in [1.807, 2.05) is 6.92 Å². The van der Waals surface area contributed by atoms with Gasteiger partial charge in [0.05, 0.1) is 0 Å². The van der Waals surface area contributed by atoms with Crippen LogP contribution < -0.4 is 11.1 Å². The molecule has 1 unspecified atom stereocenters. The molecule has 0 bridgehead atoms. The van der Waals surface area contributed by atoms with E-state index in [2.05, 4.69) is 5.32 Å². The first-order valence-electron chi connectivity index (χ1n) is 5.13. The standard InChI is InChI=1S/C12H17FN2O/c1-8-4-5-9(6-10(8)13)12(2,15-3)7-11(14)16/h4-6,15H,7H2,1-3H3,(H2,14,16). The van der Waals surface area contributed by atoms with Gasteiger partial charge in [-0.05, 0) is 38.1 Å². The number of nitrogens with two attached hydrogens (primary N) is 1. The lowest BCUT2D eigenvalue weighted by atomic mass is 9.88. The summed E-state index contributed by atoms with van der Waals surface area (Å²) in [4.78, 5) is 11.0. The predicted molar refractivity (Wildman–Crippen MR) is 61.4 cm³/mol. The van der Waals surface area contributed by atoms with Crippen molar-refractivity contribution >= 4 is 5.91 Å². The molecule has 0 fully saturated rings. The second-order valence-electron chi connectivity index (χ2n) is 4.19. The van der Waals surface area contributed by atoms with Gasteiger partial charge in [0, 0.05) is 12.0 Å². The lowest BCUT2D eigenvalue weighted by Gasteiger charge is -2.28. The fourth-order valence-electron chi connectivity index (χ4n) is 1.62. The molecule has 1 amide bonds. The van der Waals surface area contributed by atoms with Crippen LogP contribution in [0.5, 0.6) is 0 Å². The number of halogens is 1. The molecule has 1 aromatic carbocycles. The third-order valence-corrected chi connectivity index (χ3v) is 2.89. The van der Waals surface area contributed by atoms with Gasteiger partial charge in [-0.3, -0.25) is 4.79 Å². The minimum atomic E-state index is -0.625. The minimum absolute atomic E-state index is 0.131. The van der Waals surface area contributed by atoms with E-state index in [4.69, 9.17) is 5.73 Å². The fourth-order valence-corrected chi connectivity index (χ4v) is 1.62. The Kier molecular flexibility index (Phi) is 3.65. The average molecular weight is 224 g/mol. The van der Waals surface area contributed by atoms with E-state index in [1.54, 1.807) is 26.1 Å². The van der Waals surface area contributed by atoms with E-state index in [0.717, 1.165) is 5.56 Å². The SMILES string of the molecule is CNC(C)(CC(N)=O)c1ccc(C)c(F)c1. The van der Waals surface area contributed by atoms with Crippen LogP contribution >= 0.6 is 0 Å². The molecular formula is C12H17FN2O. The molecule has 0 saturated heterocycles. The summed E-state index contributed by atoms with van der Waals surface area (Å²) in [7, 11) is 1.72. The Morgan fingerprint density at radius 1 is 1.56 bits per heavy atom. The number of aryl methyl sites for hydroxylation is 1. The number of amides is 1. The summed E-state index contributed by atoms with van der Waals surface area (Å²) in [5, 5.41) is 3.01. The number of carbonyl (C=O) groups excluding carboxylic acids is 1. The molecule has 0 radical (unpaired) electrons. The van der Waals surface area contributed by atoms with Crippen LogP contribution in [0.2, 0.25) is 0 Å². The van der Waals surface area contributed by atoms with Gasteiger partial charge in [0.15, 0.2) is 0 Å². The van der Waals surface area contributed by atoms with Crippen LogP contribution in [0.1, 0.15) is 24.5 Å². The first-order chi connectivity index (χ1) is 7.39. The smallest absolute Gasteiger partial charge is 0.219 e. The van der Waals surface area contributed by atoms with Crippen LogP contribution in [0.25, 0.3) is 0 Å². The maximum Gasteiger partial charge on any atom is 0.219 e. The number of hydrogen-bond donors (Lipinski definition) is 2. The van der Waals surface area contributed by atoms with Gasteiger partial charge in [0.2, 0.25) is 5.91 Å². The highest BCUT2D eigenvalue weighted by Crippen LogP contribution is 2.25. The molecule has 4 heteroatoms. The molecule has 0 aliphatic heterocycles. The van der Waals surface area contributed by atoms with Gasteiger partial charge in [-0.15, -0.1) is 0 Å². The van der Waals surface area contributed by atoms with Crippen LogP contribution in [0.4, 0.5) is 4.39 Å². The summed E-state index contributed by atoms with van der Waals surface area (Å²) in [6, 6.07) is 4.94. The van der Waals surface area contributed by atoms with Crippen LogP contribution in [0.15, 0.2) is 18.2 Å². The van der Waals surface area contributed by atoms with E-state index in [9.17, 15) is 9.18 Å². The zero-order valence-electron chi connectivity index (χ0n) is 9.80. The molecule has 88 valence electrons. The number of benzene rings is 1. The van der Waals surface area contributed by atoms with Crippen LogP contribution in [0, 0.1) is 12.7 Å². The largest absolute Gasteiger partial charge is 0.370 e. The number of rotatable bonds is 4. The summed E-state index contributed by atoms with van der Waals surface area (Å²) in [5.41, 5.74) is 5.87. The van der Waals surface area contributed by atoms with Gasteiger partial charge in [-0.1, -0.05) is 12.1 Å². The van der Waals surface area contributed by atoms with Crippen molar-refractivity contribution in [1.82, 2.24) is 5.32 Å². The van der Waals surface area contributed by atoms with Crippen molar-refractivity contribution in [3.63, 3.8) is 0 Å². The molecule has 3 N–H and O–H groups in total. The lowest BCUT2D eigenvalue weighted by molar-refractivity contribution is -0.119. The molecule has 0 heterocycles. The fraction of sp³-hybridized carbons (Fsp3) is 0.417. The van der Waals surface area contributed by atoms with E-state index in [0.29, 0.717) is 5.56 Å². The summed E-state index contributed by atoms with van der Waals surface area (Å²) >= 11 is 0. The topological polar surface area (TPSA) is 55.1 Å². The molecule has 0 aliphatic rings. The number of carbonyl (C=O) groups is 1. The van der Waals surface area contributed by atoms with Crippen LogP contribution in [-0.4, -0.2) is 13.0 Å². The maximum atomic E-state index is 13.4. The molecule has 0 spiro atoms. The van der Waals surface area contributed by atoms with Crippen molar-refractivity contribution in [3.05, 3.63) is 35.1 Å².